The molecule has 0 unspecified atom stereocenters. The average molecular weight is 264 g/mol. The predicted octanol–water partition coefficient (Wildman–Crippen LogP) is 1.58. The van der Waals surface area contributed by atoms with Crippen LogP contribution in [0.4, 0.5) is 5.82 Å². The van der Waals surface area contributed by atoms with Crippen LogP contribution in [0, 0.1) is 6.92 Å². The van der Waals surface area contributed by atoms with E-state index in [1.807, 2.05) is 18.9 Å². The molecule has 0 aliphatic carbocycles. The number of carboxylic acids is 1. The second-order valence-corrected chi connectivity index (χ2v) is 4.72. The number of carboxylic acid groups (broad SMARTS) is 1. The first-order valence-electron chi connectivity index (χ1n) is 5.23. The van der Waals surface area contributed by atoms with Crippen molar-refractivity contribution in [3.63, 3.8) is 0 Å². The van der Waals surface area contributed by atoms with E-state index in [0.29, 0.717) is 12.4 Å². The topological polar surface area (TPSA) is 79.2 Å². The smallest absolute Gasteiger partial charge is 0.356 e. The van der Waals surface area contributed by atoms with Crippen LogP contribution in [-0.2, 0) is 6.54 Å². The Morgan fingerprint density at radius 2 is 2.28 bits per heavy atom. The highest BCUT2D eigenvalue weighted by atomic mass is 32.1. The minimum absolute atomic E-state index is 0.0552. The van der Waals surface area contributed by atoms with Crippen LogP contribution in [0.2, 0.25) is 0 Å². The number of aromatic carboxylic acids is 1. The number of thiazole rings is 1. The number of anilines is 1. The Balaban J connectivity index is 2.18. The molecule has 0 spiro atoms. The van der Waals surface area contributed by atoms with E-state index in [9.17, 15) is 4.79 Å². The molecule has 2 aromatic rings. The van der Waals surface area contributed by atoms with Crippen molar-refractivity contribution < 1.29 is 9.90 Å². The molecule has 0 atom stereocenters. The number of carbonyl (C=O) groups is 1. The van der Waals surface area contributed by atoms with Gasteiger partial charge in [0.1, 0.15) is 5.82 Å². The number of nitrogens with zero attached hydrogens (tertiary/aromatic N) is 4. The molecular formula is C11H12N4O2S. The van der Waals surface area contributed by atoms with E-state index in [1.54, 1.807) is 23.0 Å². The van der Waals surface area contributed by atoms with E-state index in [1.165, 1.54) is 6.20 Å². The molecule has 0 amide bonds. The highest BCUT2D eigenvalue weighted by Gasteiger charge is 2.11. The molecule has 0 saturated carbocycles. The Bertz CT molecular complexity index is 570. The second kappa shape index (κ2) is 5.09. The molecule has 1 N–H and O–H groups in total. The van der Waals surface area contributed by atoms with E-state index in [0.717, 1.165) is 10.6 Å². The summed E-state index contributed by atoms with van der Waals surface area (Å²) < 4.78 is 0. The van der Waals surface area contributed by atoms with E-state index in [2.05, 4.69) is 15.0 Å². The summed E-state index contributed by atoms with van der Waals surface area (Å²) in [6.45, 7) is 2.58. The number of rotatable bonds is 4. The lowest BCUT2D eigenvalue weighted by Crippen LogP contribution is -2.19. The van der Waals surface area contributed by atoms with Crippen LogP contribution in [0.25, 0.3) is 0 Å². The third-order valence-corrected chi connectivity index (χ3v) is 3.38. The van der Waals surface area contributed by atoms with Gasteiger partial charge in [0, 0.05) is 11.9 Å². The molecule has 0 radical (unpaired) electrons. The Morgan fingerprint density at radius 1 is 1.50 bits per heavy atom. The minimum Gasteiger partial charge on any atom is -0.476 e. The summed E-state index contributed by atoms with van der Waals surface area (Å²) in [7, 11) is 1.84. The van der Waals surface area contributed by atoms with Gasteiger partial charge in [-0.1, -0.05) is 0 Å². The normalized spacial score (nSPS) is 10.3. The Hall–Kier alpha value is -2.02. The van der Waals surface area contributed by atoms with Crippen LogP contribution in [0.3, 0.4) is 0 Å². The summed E-state index contributed by atoms with van der Waals surface area (Å²) in [6, 6.07) is 0. The summed E-state index contributed by atoms with van der Waals surface area (Å²) in [5, 5.41) is 8.86. The van der Waals surface area contributed by atoms with Crippen molar-refractivity contribution in [1.29, 1.82) is 0 Å². The van der Waals surface area contributed by atoms with E-state index < -0.39 is 5.97 Å². The van der Waals surface area contributed by atoms with Crippen LogP contribution >= 0.6 is 11.3 Å². The summed E-state index contributed by atoms with van der Waals surface area (Å²) in [5.74, 6) is -0.547. The Morgan fingerprint density at radius 3 is 2.89 bits per heavy atom. The van der Waals surface area contributed by atoms with Crippen molar-refractivity contribution in [2.75, 3.05) is 11.9 Å². The number of aromatic nitrogens is 3. The van der Waals surface area contributed by atoms with Gasteiger partial charge in [0.25, 0.3) is 0 Å². The molecule has 0 aromatic carbocycles. The maximum absolute atomic E-state index is 10.8. The molecule has 0 saturated heterocycles. The lowest BCUT2D eigenvalue weighted by atomic mass is 10.3. The third-order valence-electron chi connectivity index (χ3n) is 2.46. The van der Waals surface area contributed by atoms with Crippen LogP contribution < -0.4 is 4.90 Å². The van der Waals surface area contributed by atoms with Crippen molar-refractivity contribution in [3.05, 3.63) is 34.2 Å². The molecule has 0 fully saturated rings. The molecule has 0 aliphatic heterocycles. The van der Waals surface area contributed by atoms with Gasteiger partial charge in [-0.15, -0.1) is 11.3 Å². The van der Waals surface area contributed by atoms with Gasteiger partial charge in [-0.3, -0.25) is 4.98 Å². The van der Waals surface area contributed by atoms with Gasteiger partial charge >= 0.3 is 5.97 Å². The number of hydrogen-bond donors (Lipinski definition) is 1. The third kappa shape index (κ3) is 2.62. The predicted molar refractivity (Wildman–Crippen MR) is 67.9 cm³/mol. The monoisotopic (exact) mass is 264 g/mol. The standard InChI is InChI=1S/C11H12N4O2S/c1-7-9(18-6-13-7)5-15(2)10-4-12-3-8(14-10)11(16)17/h3-4,6H,5H2,1-2H3,(H,16,17). The quantitative estimate of drug-likeness (QED) is 0.903. The lowest BCUT2D eigenvalue weighted by molar-refractivity contribution is 0.0690. The fourth-order valence-electron chi connectivity index (χ4n) is 1.42. The Kier molecular flexibility index (Phi) is 3.52. The SMILES string of the molecule is Cc1ncsc1CN(C)c1cncc(C(=O)O)n1. The van der Waals surface area contributed by atoms with Gasteiger partial charge in [0.15, 0.2) is 5.69 Å². The molecule has 2 heterocycles. The van der Waals surface area contributed by atoms with Crippen molar-refractivity contribution in [2.24, 2.45) is 0 Å². The highest BCUT2D eigenvalue weighted by Crippen LogP contribution is 2.17. The molecular weight excluding hydrogens is 252 g/mol. The van der Waals surface area contributed by atoms with E-state index in [-0.39, 0.29) is 5.69 Å². The molecule has 0 aliphatic rings. The second-order valence-electron chi connectivity index (χ2n) is 3.78. The van der Waals surface area contributed by atoms with Gasteiger partial charge in [-0.2, -0.15) is 0 Å². The molecule has 2 aromatic heterocycles. The minimum atomic E-state index is -1.08. The van der Waals surface area contributed by atoms with Gasteiger partial charge in [-0.25, -0.2) is 14.8 Å². The first-order chi connectivity index (χ1) is 8.58. The molecule has 0 bridgehead atoms. The van der Waals surface area contributed by atoms with Crippen molar-refractivity contribution in [1.82, 2.24) is 15.0 Å². The fraction of sp³-hybridized carbons (Fsp3) is 0.273. The molecule has 94 valence electrons. The maximum atomic E-state index is 10.8. The zero-order valence-electron chi connectivity index (χ0n) is 9.99. The zero-order valence-corrected chi connectivity index (χ0v) is 10.8. The van der Waals surface area contributed by atoms with E-state index >= 15 is 0 Å². The molecule has 7 heteroatoms. The molecule has 18 heavy (non-hydrogen) atoms. The Labute approximate surface area is 108 Å². The van der Waals surface area contributed by atoms with Gasteiger partial charge in [-0.05, 0) is 6.92 Å². The van der Waals surface area contributed by atoms with Gasteiger partial charge < -0.3 is 10.0 Å². The summed E-state index contributed by atoms with van der Waals surface area (Å²) in [5.41, 5.74) is 2.72. The average Bonchev–Trinajstić information content (AvgIpc) is 2.75. The van der Waals surface area contributed by atoms with Gasteiger partial charge in [0.2, 0.25) is 0 Å². The van der Waals surface area contributed by atoms with Gasteiger partial charge in [0.05, 0.1) is 30.1 Å². The summed E-state index contributed by atoms with van der Waals surface area (Å²) >= 11 is 1.57. The lowest BCUT2D eigenvalue weighted by Gasteiger charge is -2.17. The van der Waals surface area contributed by atoms with Crippen molar-refractivity contribution in [2.45, 2.75) is 13.5 Å². The van der Waals surface area contributed by atoms with Crippen LogP contribution in [-0.4, -0.2) is 33.1 Å². The number of aryl methyl sites for hydroxylation is 1. The highest BCUT2D eigenvalue weighted by molar-refractivity contribution is 7.09. The largest absolute Gasteiger partial charge is 0.476 e. The summed E-state index contributed by atoms with van der Waals surface area (Å²) in [4.78, 5) is 25.9. The first kappa shape index (κ1) is 12.4. The van der Waals surface area contributed by atoms with Crippen molar-refractivity contribution in [3.8, 4) is 0 Å². The van der Waals surface area contributed by atoms with Crippen molar-refractivity contribution >= 4 is 23.1 Å². The van der Waals surface area contributed by atoms with Crippen LogP contribution in [0.1, 0.15) is 21.1 Å². The first-order valence-corrected chi connectivity index (χ1v) is 6.11. The van der Waals surface area contributed by atoms with E-state index in [4.69, 9.17) is 5.11 Å². The maximum Gasteiger partial charge on any atom is 0.356 e. The number of hydrogen-bond acceptors (Lipinski definition) is 6. The van der Waals surface area contributed by atoms with Crippen LogP contribution in [0.5, 0.6) is 0 Å². The molecule has 2 rings (SSSR count). The molecule has 6 nitrogen and oxygen atoms in total. The zero-order chi connectivity index (χ0) is 13.1. The fourth-order valence-corrected chi connectivity index (χ4v) is 2.25. The summed E-state index contributed by atoms with van der Waals surface area (Å²) in [6.07, 6.45) is 2.78. The van der Waals surface area contributed by atoms with Crippen LogP contribution in [0.15, 0.2) is 17.9 Å².